The summed E-state index contributed by atoms with van der Waals surface area (Å²) in [5, 5.41) is 38.9. The molecule has 10 heteroatoms. The van der Waals surface area contributed by atoms with Crippen LogP contribution in [0.3, 0.4) is 0 Å². The topological polar surface area (TPSA) is 152 Å². The minimum Gasteiger partial charge on any atom is -0.462 e. The smallest absolute Gasteiger partial charge is 0.298 e. The van der Waals surface area contributed by atoms with Crippen molar-refractivity contribution in [3.8, 4) is 28.4 Å². The van der Waals surface area contributed by atoms with Crippen molar-refractivity contribution in [2.24, 2.45) is 0 Å². The highest BCUT2D eigenvalue weighted by atomic mass is 16.7. The van der Waals surface area contributed by atoms with Gasteiger partial charge in [0.1, 0.15) is 41.7 Å². The van der Waals surface area contributed by atoms with E-state index in [-0.39, 0.29) is 30.2 Å². The molecule has 0 radical (unpaired) electrons. The van der Waals surface area contributed by atoms with E-state index in [2.05, 4.69) is 0 Å². The first kappa shape index (κ1) is 21.7. The van der Waals surface area contributed by atoms with Gasteiger partial charge in [-0.05, 0) is 35.4 Å². The second kappa shape index (κ2) is 9.65. The Bertz CT molecular complexity index is 838. The summed E-state index contributed by atoms with van der Waals surface area (Å²) in [6.07, 6.45) is -6.93. The van der Waals surface area contributed by atoms with Crippen LogP contribution in [0.5, 0.6) is 17.2 Å². The van der Waals surface area contributed by atoms with Crippen LogP contribution in [0.1, 0.15) is 0 Å². The van der Waals surface area contributed by atoms with Crippen molar-refractivity contribution < 1.29 is 49.0 Å². The Labute approximate surface area is 170 Å². The van der Waals surface area contributed by atoms with E-state index in [0.29, 0.717) is 11.1 Å². The molecule has 1 heterocycles. The van der Waals surface area contributed by atoms with E-state index in [4.69, 9.17) is 18.9 Å². The molecule has 1 saturated heterocycles. The summed E-state index contributed by atoms with van der Waals surface area (Å²) in [6.45, 7) is -0.0589. The molecule has 5 atom stereocenters. The van der Waals surface area contributed by atoms with E-state index in [1.54, 1.807) is 36.4 Å². The molecule has 1 aliphatic rings. The maximum atomic E-state index is 10.6. The lowest BCUT2D eigenvalue weighted by Gasteiger charge is -2.39. The van der Waals surface area contributed by atoms with Gasteiger partial charge in [0, 0.05) is 6.07 Å². The van der Waals surface area contributed by atoms with Gasteiger partial charge >= 0.3 is 0 Å². The van der Waals surface area contributed by atoms with Crippen molar-refractivity contribution in [3.05, 3.63) is 42.5 Å². The first-order chi connectivity index (χ1) is 14.5. The highest BCUT2D eigenvalue weighted by Gasteiger charge is 2.44. The minimum atomic E-state index is -1.54. The van der Waals surface area contributed by atoms with Crippen LogP contribution in [0.2, 0.25) is 0 Å². The molecule has 2 aromatic carbocycles. The van der Waals surface area contributed by atoms with Gasteiger partial charge in [-0.3, -0.25) is 9.59 Å². The summed E-state index contributed by atoms with van der Waals surface area (Å²) in [6, 6.07) is 10.9. The normalized spacial score (nSPS) is 25.9. The SMILES string of the molecule is O=COc1cc(OC=O)cc(-c2ccc(OC3OC(CO)C(O)C(O)C3O)cc2)c1. The lowest BCUT2D eigenvalue weighted by molar-refractivity contribution is -0.277. The molecule has 2 aromatic rings. The maximum absolute atomic E-state index is 10.6. The number of benzene rings is 2. The third-order valence-corrected chi connectivity index (χ3v) is 4.54. The largest absolute Gasteiger partial charge is 0.462 e. The summed E-state index contributed by atoms with van der Waals surface area (Å²) in [4.78, 5) is 21.2. The molecule has 10 nitrogen and oxygen atoms in total. The lowest BCUT2D eigenvalue weighted by atomic mass is 9.99. The van der Waals surface area contributed by atoms with Crippen LogP contribution in [0.25, 0.3) is 11.1 Å². The minimum absolute atomic E-state index is 0.181. The third kappa shape index (κ3) is 4.75. The number of hydrogen-bond donors (Lipinski definition) is 4. The predicted octanol–water partition coefficient (Wildman–Crippen LogP) is -0.397. The van der Waals surface area contributed by atoms with Crippen molar-refractivity contribution in [1.29, 1.82) is 0 Å². The average molecular weight is 420 g/mol. The van der Waals surface area contributed by atoms with Crippen LogP contribution in [-0.2, 0) is 14.3 Å². The van der Waals surface area contributed by atoms with Crippen LogP contribution in [0.15, 0.2) is 42.5 Å². The molecular weight excluding hydrogens is 400 g/mol. The van der Waals surface area contributed by atoms with Crippen LogP contribution in [0.4, 0.5) is 0 Å². The van der Waals surface area contributed by atoms with Crippen molar-refractivity contribution in [1.82, 2.24) is 0 Å². The second-order valence-electron chi connectivity index (χ2n) is 6.46. The van der Waals surface area contributed by atoms with E-state index < -0.39 is 37.3 Å². The predicted molar refractivity (Wildman–Crippen MR) is 99.7 cm³/mol. The molecule has 1 aliphatic heterocycles. The van der Waals surface area contributed by atoms with E-state index in [9.17, 15) is 30.0 Å². The van der Waals surface area contributed by atoms with Crippen molar-refractivity contribution >= 4 is 12.9 Å². The van der Waals surface area contributed by atoms with Crippen LogP contribution >= 0.6 is 0 Å². The molecule has 3 rings (SSSR count). The molecule has 0 saturated carbocycles. The Morgan fingerprint density at radius 3 is 1.93 bits per heavy atom. The zero-order valence-corrected chi connectivity index (χ0v) is 15.5. The van der Waals surface area contributed by atoms with Gasteiger partial charge in [-0.15, -0.1) is 0 Å². The van der Waals surface area contributed by atoms with Crippen LogP contribution < -0.4 is 14.2 Å². The zero-order chi connectivity index (χ0) is 21.7. The van der Waals surface area contributed by atoms with E-state index >= 15 is 0 Å². The summed E-state index contributed by atoms with van der Waals surface area (Å²) >= 11 is 0. The zero-order valence-electron chi connectivity index (χ0n) is 15.5. The second-order valence-corrected chi connectivity index (χ2v) is 6.46. The molecule has 5 unspecified atom stereocenters. The molecule has 30 heavy (non-hydrogen) atoms. The van der Waals surface area contributed by atoms with Crippen LogP contribution in [-0.4, -0.2) is 70.7 Å². The van der Waals surface area contributed by atoms with Gasteiger partial charge in [0.2, 0.25) is 6.29 Å². The number of carbonyl (C=O) groups is 2. The summed E-state index contributed by atoms with van der Waals surface area (Å²) < 4.78 is 20.5. The molecule has 0 amide bonds. The number of ether oxygens (including phenoxy) is 4. The number of carbonyl (C=O) groups excluding carboxylic acids is 2. The van der Waals surface area contributed by atoms with Gasteiger partial charge in [-0.25, -0.2) is 0 Å². The highest BCUT2D eigenvalue weighted by molar-refractivity contribution is 5.69. The molecule has 0 spiro atoms. The summed E-state index contributed by atoms with van der Waals surface area (Å²) in [5.74, 6) is 0.648. The Morgan fingerprint density at radius 1 is 0.800 bits per heavy atom. The number of aliphatic hydroxyl groups excluding tert-OH is 4. The van der Waals surface area contributed by atoms with Gasteiger partial charge in [-0.2, -0.15) is 0 Å². The van der Waals surface area contributed by atoms with Gasteiger partial charge in [0.05, 0.1) is 6.61 Å². The number of rotatable bonds is 8. The first-order valence-corrected chi connectivity index (χ1v) is 8.90. The summed E-state index contributed by atoms with van der Waals surface area (Å²) in [5.41, 5.74) is 1.26. The van der Waals surface area contributed by atoms with E-state index in [1.165, 1.54) is 6.07 Å². The summed E-state index contributed by atoms with van der Waals surface area (Å²) in [7, 11) is 0. The molecule has 4 N–H and O–H groups in total. The van der Waals surface area contributed by atoms with Gasteiger partial charge < -0.3 is 39.4 Å². The maximum Gasteiger partial charge on any atom is 0.298 e. The lowest BCUT2D eigenvalue weighted by Crippen LogP contribution is -2.60. The third-order valence-electron chi connectivity index (χ3n) is 4.54. The van der Waals surface area contributed by atoms with Gasteiger partial charge in [0.25, 0.3) is 12.9 Å². The number of hydrogen-bond acceptors (Lipinski definition) is 10. The Morgan fingerprint density at radius 2 is 1.40 bits per heavy atom. The van der Waals surface area contributed by atoms with Crippen molar-refractivity contribution in [2.75, 3.05) is 6.61 Å². The first-order valence-electron chi connectivity index (χ1n) is 8.90. The number of aliphatic hydroxyl groups is 4. The molecule has 1 fully saturated rings. The fraction of sp³-hybridized carbons (Fsp3) is 0.300. The Kier molecular flexibility index (Phi) is 6.98. The fourth-order valence-corrected chi connectivity index (χ4v) is 3.01. The van der Waals surface area contributed by atoms with Crippen LogP contribution in [0, 0.1) is 0 Å². The van der Waals surface area contributed by atoms with Crippen molar-refractivity contribution in [3.63, 3.8) is 0 Å². The monoisotopic (exact) mass is 420 g/mol. The van der Waals surface area contributed by atoms with Crippen molar-refractivity contribution in [2.45, 2.75) is 30.7 Å². The van der Waals surface area contributed by atoms with E-state index in [1.807, 2.05) is 0 Å². The Hall–Kier alpha value is -3.02. The fourth-order valence-electron chi connectivity index (χ4n) is 3.01. The molecular formula is C20H20O10. The molecule has 0 aliphatic carbocycles. The standard InChI is InChI=1S/C20H20O10/c21-8-16-17(24)18(25)19(26)20(30-16)29-13-3-1-11(2-4-13)12-5-14(27-9-22)7-15(6-12)28-10-23/h1-7,9-10,16-21,24-26H,8H2. The molecule has 160 valence electrons. The average Bonchev–Trinajstić information content (AvgIpc) is 2.75. The van der Waals surface area contributed by atoms with Gasteiger partial charge in [0.15, 0.2) is 0 Å². The highest BCUT2D eigenvalue weighted by Crippen LogP contribution is 2.31. The van der Waals surface area contributed by atoms with E-state index in [0.717, 1.165) is 0 Å². The molecule has 0 aromatic heterocycles. The molecule has 0 bridgehead atoms. The van der Waals surface area contributed by atoms with Gasteiger partial charge in [-0.1, -0.05) is 12.1 Å². The Balaban J connectivity index is 1.78. The quantitative estimate of drug-likeness (QED) is 0.415.